The van der Waals surface area contributed by atoms with Gasteiger partial charge in [0.15, 0.2) is 17.3 Å². The van der Waals surface area contributed by atoms with Crippen LogP contribution in [0.15, 0.2) is 30.6 Å². The minimum atomic E-state index is -4.73. The number of carboxylic acids is 1. The van der Waals surface area contributed by atoms with E-state index >= 15 is 0 Å². The van der Waals surface area contributed by atoms with Crippen molar-refractivity contribution in [2.24, 2.45) is 0 Å². The van der Waals surface area contributed by atoms with Crippen molar-refractivity contribution >= 4 is 11.8 Å². The number of ether oxygens (including phenoxy) is 3. The minimum absolute atomic E-state index is 0.0256. The quantitative estimate of drug-likeness (QED) is 0.688. The van der Waals surface area contributed by atoms with Crippen molar-refractivity contribution in [2.75, 3.05) is 19.0 Å². The van der Waals surface area contributed by atoms with E-state index in [4.69, 9.17) is 9.47 Å². The number of alkyl halides is 3. The lowest BCUT2D eigenvalue weighted by Gasteiger charge is -2.31. The third-order valence-electron chi connectivity index (χ3n) is 4.54. The molecule has 0 radical (unpaired) electrons. The molecule has 2 aromatic rings. The fraction of sp³-hybridized carbons (Fsp3) is 0.421. The Kier molecular flexibility index (Phi) is 6.60. The maximum Gasteiger partial charge on any atom is 0.573 e. The molecule has 162 valence electrons. The fourth-order valence-corrected chi connectivity index (χ4v) is 3.23. The zero-order chi connectivity index (χ0) is 21.7. The van der Waals surface area contributed by atoms with Gasteiger partial charge in [-0.1, -0.05) is 12.1 Å². The van der Waals surface area contributed by atoms with Gasteiger partial charge in [0.05, 0.1) is 19.3 Å². The molecule has 11 heteroatoms. The van der Waals surface area contributed by atoms with Crippen molar-refractivity contribution < 1.29 is 37.3 Å². The van der Waals surface area contributed by atoms with Crippen LogP contribution in [0, 0.1) is 0 Å². The Morgan fingerprint density at radius 2 is 2.00 bits per heavy atom. The molecule has 1 saturated heterocycles. The molecule has 1 aliphatic heterocycles. The van der Waals surface area contributed by atoms with E-state index in [0.29, 0.717) is 6.54 Å². The summed E-state index contributed by atoms with van der Waals surface area (Å²) in [6, 6.07) is 5.61. The van der Waals surface area contributed by atoms with Crippen LogP contribution >= 0.6 is 0 Å². The standard InChI is InChI=1S/C19H20F3N3O5/c1-28-16-15(18(26)27)24-10-25-17(16)23-9-13-3-2-4-14(29-13)11-5-7-12(8-6-11)30-19(20,21)22/h5-8,10,13-14H,2-4,9H2,1H3,(H,26,27)(H,23,24,25). The molecule has 1 aromatic heterocycles. The molecule has 0 amide bonds. The Morgan fingerprint density at radius 1 is 1.27 bits per heavy atom. The average molecular weight is 427 g/mol. The number of carbonyl (C=O) groups is 1. The van der Waals surface area contributed by atoms with Gasteiger partial charge in [-0.25, -0.2) is 14.8 Å². The van der Waals surface area contributed by atoms with Crippen molar-refractivity contribution in [3.05, 3.63) is 41.9 Å². The summed E-state index contributed by atoms with van der Waals surface area (Å²) < 4.78 is 51.9. The second-order valence-corrected chi connectivity index (χ2v) is 6.58. The molecule has 0 bridgehead atoms. The number of halogens is 3. The van der Waals surface area contributed by atoms with Gasteiger partial charge in [-0.15, -0.1) is 13.2 Å². The van der Waals surface area contributed by atoms with Crippen LogP contribution in [0.3, 0.4) is 0 Å². The molecule has 2 N–H and O–H groups in total. The topological polar surface area (TPSA) is 103 Å². The molecule has 0 aliphatic carbocycles. The lowest BCUT2D eigenvalue weighted by atomic mass is 9.98. The fourth-order valence-electron chi connectivity index (χ4n) is 3.23. The second-order valence-electron chi connectivity index (χ2n) is 6.58. The van der Waals surface area contributed by atoms with E-state index in [9.17, 15) is 23.1 Å². The van der Waals surface area contributed by atoms with Gasteiger partial charge in [0.25, 0.3) is 0 Å². The molecule has 1 fully saturated rings. The summed E-state index contributed by atoms with van der Waals surface area (Å²) in [6.07, 6.45) is -1.73. The first kappa shape index (κ1) is 21.6. The van der Waals surface area contributed by atoms with Gasteiger partial charge >= 0.3 is 12.3 Å². The Hall–Kier alpha value is -3.08. The number of rotatable bonds is 7. The Bertz CT molecular complexity index is 877. The minimum Gasteiger partial charge on any atom is -0.491 e. The monoisotopic (exact) mass is 427 g/mol. The van der Waals surface area contributed by atoms with Gasteiger partial charge in [-0.2, -0.15) is 0 Å². The van der Waals surface area contributed by atoms with E-state index in [1.807, 2.05) is 0 Å². The van der Waals surface area contributed by atoms with Crippen LogP contribution in [0.5, 0.6) is 11.5 Å². The van der Waals surface area contributed by atoms with E-state index in [1.54, 1.807) is 12.1 Å². The summed E-state index contributed by atoms with van der Waals surface area (Å²) >= 11 is 0. The predicted molar refractivity (Wildman–Crippen MR) is 98.6 cm³/mol. The zero-order valence-corrected chi connectivity index (χ0v) is 16.0. The Morgan fingerprint density at radius 3 is 2.63 bits per heavy atom. The van der Waals surface area contributed by atoms with E-state index < -0.39 is 12.3 Å². The second kappa shape index (κ2) is 9.16. The molecule has 1 aromatic carbocycles. The summed E-state index contributed by atoms with van der Waals surface area (Å²) in [4.78, 5) is 19.0. The van der Waals surface area contributed by atoms with Crippen LogP contribution in [0.2, 0.25) is 0 Å². The number of benzene rings is 1. The normalized spacial score (nSPS) is 19.2. The Labute approximate surface area is 170 Å². The SMILES string of the molecule is COc1c(NCC2CCCC(c3ccc(OC(F)(F)F)cc3)O2)ncnc1C(=O)O. The lowest BCUT2D eigenvalue weighted by Crippen LogP contribution is -2.29. The first-order valence-electron chi connectivity index (χ1n) is 9.14. The van der Waals surface area contributed by atoms with Gasteiger partial charge in [-0.05, 0) is 37.0 Å². The maximum absolute atomic E-state index is 12.3. The molecule has 2 heterocycles. The number of methoxy groups -OCH3 is 1. The number of nitrogens with one attached hydrogen (secondary N) is 1. The largest absolute Gasteiger partial charge is 0.573 e. The van der Waals surface area contributed by atoms with E-state index in [0.717, 1.165) is 31.2 Å². The molecule has 8 nitrogen and oxygen atoms in total. The molecule has 3 rings (SSSR count). The van der Waals surface area contributed by atoms with Crippen molar-refractivity contribution in [1.82, 2.24) is 9.97 Å². The molecular weight excluding hydrogens is 407 g/mol. The van der Waals surface area contributed by atoms with Crippen molar-refractivity contribution in [2.45, 2.75) is 37.8 Å². The third kappa shape index (κ3) is 5.50. The van der Waals surface area contributed by atoms with Crippen LogP contribution in [0.1, 0.15) is 41.4 Å². The van der Waals surface area contributed by atoms with Crippen molar-refractivity contribution in [3.63, 3.8) is 0 Å². The van der Waals surface area contributed by atoms with Crippen LogP contribution in [0.4, 0.5) is 19.0 Å². The highest BCUT2D eigenvalue weighted by Gasteiger charge is 2.31. The van der Waals surface area contributed by atoms with Gasteiger partial charge in [0.1, 0.15) is 12.1 Å². The molecule has 2 unspecified atom stereocenters. The summed E-state index contributed by atoms with van der Waals surface area (Å²) in [7, 11) is 1.33. The first-order valence-corrected chi connectivity index (χ1v) is 9.14. The van der Waals surface area contributed by atoms with E-state index in [-0.39, 0.29) is 35.2 Å². The summed E-state index contributed by atoms with van der Waals surface area (Å²) in [5, 5.41) is 12.2. The van der Waals surface area contributed by atoms with Crippen LogP contribution in [-0.2, 0) is 4.74 Å². The van der Waals surface area contributed by atoms with Gasteiger partial charge in [0, 0.05) is 6.54 Å². The van der Waals surface area contributed by atoms with Crippen LogP contribution < -0.4 is 14.8 Å². The number of carboxylic acid groups (broad SMARTS) is 1. The molecule has 0 saturated carbocycles. The number of nitrogens with zero attached hydrogens (tertiary/aromatic N) is 2. The van der Waals surface area contributed by atoms with Gasteiger partial charge in [0.2, 0.25) is 0 Å². The smallest absolute Gasteiger partial charge is 0.491 e. The van der Waals surface area contributed by atoms with Crippen molar-refractivity contribution in [3.8, 4) is 11.5 Å². The van der Waals surface area contributed by atoms with E-state index in [2.05, 4.69) is 20.0 Å². The number of hydrogen-bond donors (Lipinski definition) is 2. The number of anilines is 1. The maximum atomic E-state index is 12.3. The van der Waals surface area contributed by atoms with Gasteiger partial charge in [-0.3, -0.25) is 0 Å². The highest BCUT2D eigenvalue weighted by Crippen LogP contribution is 2.33. The highest BCUT2D eigenvalue weighted by atomic mass is 19.4. The van der Waals surface area contributed by atoms with E-state index in [1.165, 1.54) is 19.2 Å². The average Bonchev–Trinajstić information content (AvgIpc) is 2.71. The summed E-state index contributed by atoms with van der Waals surface area (Å²) in [5.41, 5.74) is 0.501. The zero-order valence-electron chi connectivity index (χ0n) is 16.0. The third-order valence-corrected chi connectivity index (χ3v) is 4.54. The molecule has 2 atom stereocenters. The summed E-state index contributed by atoms with van der Waals surface area (Å²) in [5.74, 6) is -1.25. The van der Waals surface area contributed by atoms with Gasteiger partial charge < -0.3 is 24.6 Å². The highest BCUT2D eigenvalue weighted by molar-refractivity contribution is 5.90. The lowest BCUT2D eigenvalue weighted by molar-refractivity contribution is -0.274. The molecule has 1 aliphatic rings. The Balaban J connectivity index is 1.62. The van der Waals surface area contributed by atoms with Crippen molar-refractivity contribution in [1.29, 1.82) is 0 Å². The number of aromatic carboxylic acids is 1. The molecular formula is C19H20F3N3O5. The first-order chi connectivity index (χ1) is 14.3. The van der Waals surface area contributed by atoms with Crippen LogP contribution in [-0.4, -0.2) is 47.2 Å². The van der Waals surface area contributed by atoms with Crippen LogP contribution in [0.25, 0.3) is 0 Å². The predicted octanol–water partition coefficient (Wildman–Crippen LogP) is 3.80. The number of aromatic nitrogens is 2. The summed E-state index contributed by atoms with van der Waals surface area (Å²) in [6.45, 7) is 0.345. The number of hydrogen-bond acceptors (Lipinski definition) is 7. The molecule has 30 heavy (non-hydrogen) atoms. The molecule has 0 spiro atoms.